The Balaban J connectivity index is 2.20. The highest BCUT2D eigenvalue weighted by Crippen LogP contribution is 2.54. The Bertz CT molecular complexity index is 1330. The Morgan fingerprint density at radius 1 is 0.971 bits per heavy atom. The van der Waals surface area contributed by atoms with Gasteiger partial charge < -0.3 is 14.1 Å². The number of aromatic nitrogens is 2. The molecule has 2 aromatic heterocycles. The van der Waals surface area contributed by atoms with Gasteiger partial charge in [-0.3, -0.25) is 0 Å². The largest absolute Gasteiger partial charge is 0.451 e. The van der Waals surface area contributed by atoms with E-state index in [9.17, 15) is 31.4 Å². The van der Waals surface area contributed by atoms with E-state index in [4.69, 9.17) is 16.0 Å². The number of rotatable bonds is 4. The van der Waals surface area contributed by atoms with Gasteiger partial charge in [-0.25, -0.2) is 4.98 Å². The summed E-state index contributed by atoms with van der Waals surface area (Å²) < 4.78 is 89.9. The topological polar surface area (TPSA) is 51.2 Å². The second kappa shape index (κ2) is 7.78. The molecule has 0 amide bonds. The summed E-state index contributed by atoms with van der Waals surface area (Å²) >= 11 is 6.16. The number of hydrogen-bond donors (Lipinski definition) is 1. The lowest BCUT2D eigenvalue weighted by Gasteiger charge is -2.35. The van der Waals surface area contributed by atoms with Gasteiger partial charge in [-0.15, -0.1) is 0 Å². The maximum absolute atomic E-state index is 13.9. The molecule has 0 saturated carbocycles. The molecule has 0 bridgehead atoms. The Morgan fingerprint density at radius 3 is 2.18 bits per heavy atom. The Kier molecular flexibility index (Phi) is 5.52. The van der Waals surface area contributed by atoms with Gasteiger partial charge >= 0.3 is 12.4 Å². The van der Waals surface area contributed by atoms with Crippen molar-refractivity contribution >= 4 is 22.5 Å². The first-order valence-electron chi connectivity index (χ1n) is 9.86. The number of nitrogens with zero attached hydrogens (tertiary/aromatic N) is 2. The number of benzene rings is 2. The molecule has 34 heavy (non-hydrogen) atoms. The van der Waals surface area contributed by atoms with Crippen LogP contribution in [0.5, 0.6) is 0 Å². The standard InChI is InChI=1S/C23H17ClF6N2O2/c1-13-19(21(33,22(25,26)27)23(28,29)30)16-8-3-4-9-17(16)32(13)20(2,18-11-34-12-31-18)14-6-5-7-15(24)10-14/h3-12,33H,1-2H3. The summed E-state index contributed by atoms with van der Waals surface area (Å²) in [6, 6.07) is 11.6. The van der Waals surface area contributed by atoms with Crippen LogP contribution in [-0.2, 0) is 11.1 Å². The van der Waals surface area contributed by atoms with Crippen LogP contribution in [0.3, 0.4) is 0 Å². The van der Waals surface area contributed by atoms with E-state index in [1.165, 1.54) is 35.1 Å². The van der Waals surface area contributed by atoms with Crippen molar-refractivity contribution in [2.75, 3.05) is 0 Å². The van der Waals surface area contributed by atoms with Gasteiger partial charge in [-0.1, -0.05) is 41.9 Å². The summed E-state index contributed by atoms with van der Waals surface area (Å²) in [6.45, 7) is 2.67. The lowest BCUT2D eigenvalue weighted by Crippen LogP contribution is -2.54. The molecule has 1 unspecified atom stereocenters. The number of alkyl halides is 6. The van der Waals surface area contributed by atoms with Crippen molar-refractivity contribution in [1.82, 2.24) is 9.55 Å². The monoisotopic (exact) mass is 502 g/mol. The average molecular weight is 503 g/mol. The van der Waals surface area contributed by atoms with Crippen LogP contribution in [0.15, 0.2) is 65.6 Å². The van der Waals surface area contributed by atoms with Gasteiger partial charge in [-0.2, -0.15) is 26.3 Å². The molecule has 4 aromatic rings. The highest BCUT2D eigenvalue weighted by Gasteiger charge is 2.72. The van der Waals surface area contributed by atoms with Crippen LogP contribution in [0.1, 0.15) is 29.4 Å². The second-order valence-electron chi connectivity index (χ2n) is 7.98. The fraction of sp³-hybridized carbons (Fsp3) is 0.261. The highest BCUT2D eigenvalue weighted by molar-refractivity contribution is 6.30. The highest BCUT2D eigenvalue weighted by atomic mass is 35.5. The number of para-hydroxylation sites is 1. The molecule has 11 heteroatoms. The van der Waals surface area contributed by atoms with Crippen LogP contribution < -0.4 is 0 Å². The molecular weight excluding hydrogens is 486 g/mol. The quantitative estimate of drug-likeness (QED) is 0.315. The van der Waals surface area contributed by atoms with E-state index >= 15 is 0 Å². The smallest absolute Gasteiger partial charge is 0.430 e. The summed E-state index contributed by atoms with van der Waals surface area (Å²) in [5, 5.41) is 10.2. The van der Waals surface area contributed by atoms with Crippen molar-refractivity contribution < 1.29 is 35.9 Å². The van der Waals surface area contributed by atoms with Gasteiger partial charge in [0.05, 0.1) is 0 Å². The van der Waals surface area contributed by atoms with E-state index in [-0.39, 0.29) is 11.2 Å². The van der Waals surface area contributed by atoms with E-state index < -0.39 is 40.1 Å². The molecule has 0 spiro atoms. The summed E-state index contributed by atoms with van der Waals surface area (Å²) in [5.41, 5.74) is -7.69. The molecule has 1 atom stereocenters. The molecule has 0 aliphatic carbocycles. The zero-order valence-electron chi connectivity index (χ0n) is 17.7. The van der Waals surface area contributed by atoms with Crippen LogP contribution in [-0.4, -0.2) is 27.0 Å². The van der Waals surface area contributed by atoms with Gasteiger partial charge in [0.15, 0.2) is 6.39 Å². The minimum atomic E-state index is -6.05. The van der Waals surface area contributed by atoms with Crippen LogP contribution in [0.4, 0.5) is 26.3 Å². The molecule has 2 heterocycles. The third-order valence-corrected chi connectivity index (χ3v) is 6.29. The summed E-state index contributed by atoms with van der Waals surface area (Å²) in [4.78, 5) is 4.15. The first-order valence-corrected chi connectivity index (χ1v) is 10.2. The van der Waals surface area contributed by atoms with Gasteiger partial charge in [0.1, 0.15) is 17.5 Å². The van der Waals surface area contributed by atoms with Crippen molar-refractivity contribution in [3.8, 4) is 0 Å². The minimum Gasteiger partial charge on any atom is -0.451 e. The van der Waals surface area contributed by atoms with Crippen LogP contribution in [0, 0.1) is 6.92 Å². The molecule has 180 valence electrons. The molecule has 1 N–H and O–H groups in total. The van der Waals surface area contributed by atoms with E-state index in [1.807, 2.05) is 0 Å². The zero-order chi connectivity index (χ0) is 25.1. The van der Waals surface area contributed by atoms with Crippen molar-refractivity contribution in [3.05, 3.63) is 88.7 Å². The molecule has 0 fully saturated rings. The maximum atomic E-state index is 13.9. The molecule has 2 aromatic carbocycles. The maximum Gasteiger partial charge on any atom is 0.430 e. The lowest BCUT2D eigenvalue weighted by molar-refractivity contribution is -0.375. The fourth-order valence-corrected chi connectivity index (χ4v) is 4.67. The fourth-order valence-electron chi connectivity index (χ4n) is 4.48. The molecule has 4 rings (SSSR count). The number of hydrogen-bond acceptors (Lipinski definition) is 3. The predicted molar refractivity (Wildman–Crippen MR) is 112 cm³/mol. The van der Waals surface area contributed by atoms with E-state index in [2.05, 4.69) is 4.98 Å². The van der Waals surface area contributed by atoms with Gasteiger partial charge in [-0.05, 0) is 37.6 Å². The minimum absolute atomic E-state index is 0.0207. The first-order chi connectivity index (χ1) is 15.7. The molecule has 0 aliphatic rings. The second-order valence-corrected chi connectivity index (χ2v) is 8.41. The summed E-state index contributed by atoms with van der Waals surface area (Å²) in [5.74, 6) is 0. The Hall–Kier alpha value is -2.98. The Morgan fingerprint density at radius 2 is 1.62 bits per heavy atom. The molecule has 0 aliphatic heterocycles. The van der Waals surface area contributed by atoms with Crippen molar-refractivity contribution in [3.63, 3.8) is 0 Å². The number of fused-ring (bicyclic) bond motifs is 1. The third kappa shape index (κ3) is 3.31. The number of halogens is 7. The average Bonchev–Trinajstić information content (AvgIpc) is 3.38. The Labute approximate surface area is 194 Å². The third-order valence-electron chi connectivity index (χ3n) is 6.06. The molecule has 0 radical (unpaired) electrons. The number of oxazole rings is 1. The molecular formula is C23H17ClF6N2O2. The van der Waals surface area contributed by atoms with Crippen LogP contribution >= 0.6 is 11.6 Å². The van der Waals surface area contributed by atoms with Gasteiger partial charge in [0, 0.05) is 27.2 Å². The SMILES string of the molecule is Cc1c(C(O)(C(F)(F)F)C(F)(F)F)c2ccccc2n1C(C)(c1cccc(Cl)c1)c1cocn1. The van der Waals surface area contributed by atoms with Crippen LogP contribution in [0.2, 0.25) is 5.02 Å². The van der Waals surface area contributed by atoms with E-state index in [0.29, 0.717) is 10.6 Å². The predicted octanol–water partition coefficient (Wildman–Crippen LogP) is 6.72. The molecule has 4 nitrogen and oxygen atoms in total. The summed E-state index contributed by atoms with van der Waals surface area (Å²) in [6.07, 6.45) is -9.76. The molecule has 0 saturated heterocycles. The van der Waals surface area contributed by atoms with Crippen molar-refractivity contribution in [1.29, 1.82) is 0 Å². The zero-order valence-corrected chi connectivity index (χ0v) is 18.4. The van der Waals surface area contributed by atoms with Gasteiger partial charge in [0.25, 0.3) is 5.60 Å². The van der Waals surface area contributed by atoms with E-state index in [0.717, 1.165) is 19.4 Å². The number of aliphatic hydroxyl groups is 1. The van der Waals surface area contributed by atoms with Crippen molar-refractivity contribution in [2.24, 2.45) is 0 Å². The van der Waals surface area contributed by atoms with Crippen molar-refractivity contribution in [2.45, 2.75) is 37.3 Å². The first kappa shape index (κ1) is 24.2. The summed E-state index contributed by atoms with van der Waals surface area (Å²) in [7, 11) is 0. The van der Waals surface area contributed by atoms with Crippen LogP contribution in [0.25, 0.3) is 10.9 Å². The normalized spacial score (nSPS) is 15.0. The van der Waals surface area contributed by atoms with E-state index in [1.54, 1.807) is 25.1 Å². The lowest BCUT2D eigenvalue weighted by atomic mass is 9.87. The van der Waals surface area contributed by atoms with Gasteiger partial charge in [0.2, 0.25) is 0 Å².